The van der Waals surface area contributed by atoms with Crippen molar-refractivity contribution >= 4 is 5.91 Å². The van der Waals surface area contributed by atoms with Crippen molar-refractivity contribution in [3.8, 4) is 11.5 Å². The molecule has 2 fully saturated rings. The molecule has 0 bridgehead atoms. The van der Waals surface area contributed by atoms with Crippen LogP contribution in [0.25, 0.3) is 0 Å². The van der Waals surface area contributed by atoms with Crippen LogP contribution in [0.5, 0.6) is 11.5 Å². The molecule has 0 N–H and O–H groups in total. The number of hydrogen-bond acceptors (Lipinski definition) is 3. The quantitative estimate of drug-likeness (QED) is 0.687. The zero-order valence-corrected chi connectivity index (χ0v) is 17.7. The molecule has 2 aliphatic heterocycles. The second-order valence-electron chi connectivity index (χ2n) is 9.86. The number of carbonyl (C=O) groups excluding carboxylic acids is 1. The maximum Gasteiger partial charge on any atom is 0.226 e. The maximum absolute atomic E-state index is 13.4. The molecule has 0 radical (unpaired) electrons. The monoisotopic (exact) mass is 385 g/mol. The van der Waals surface area contributed by atoms with Crippen molar-refractivity contribution < 1.29 is 14.3 Å². The summed E-state index contributed by atoms with van der Waals surface area (Å²) in [6.07, 6.45) is 7.50. The highest BCUT2D eigenvalue weighted by molar-refractivity contribution is 5.79. The summed E-state index contributed by atoms with van der Waals surface area (Å²) in [5.74, 6) is 2.99. The van der Waals surface area contributed by atoms with Gasteiger partial charge < -0.3 is 14.4 Å². The van der Waals surface area contributed by atoms with Crippen molar-refractivity contribution in [2.45, 2.75) is 71.8 Å². The zero-order chi connectivity index (χ0) is 19.7. The standard InChI is InChI=1S/C24H35NO3/c1-24(2,3)19-10-7-17(8-11-19)23(26)25-13-4-6-20(25)18-9-12-21-22(16-18)28-15-5-14-27-21/h9,12,16-17,19-20H,4-8,10-11,13-15H2,1-3H3. The smallest absolute Gasteiger partial charge is 0.226 e. The molecule has 1 aromatic rings. The van der Waals surface area contributed by atoms with Crippen molar-refractivity contribution in [1.29, 1.82) is 0 Å². The number of benzene rings is 1. The number of ether oxygens (including phenoxy) is 2. The molecule has 4 rings (SSSR count). The van der Waals surface area contributed by atoms with E-state index in [-0.39, 0.29) is 12.0 Å². The van der Waals surface area contributed by atoms with E-state index in [4.69, 9.17) is 9.47 Å². The third kappa shape index (κ3) is 4.01. The van der Waals surface area contributed by atoms with Crippen molar-refractivity contribution in [3.63, 3.8) is 0 Å². The van der Waals surface area contributed by atoms with Gasteiger partial charge in [0, 0.05) is 18.9 Å². The van der Waals surface area contributed by atoms with Crippen LogP contribution in [0.3, 0.4) is 0 Å². The van der Waals surface area contributed by atoms with Gasteiger partial charge in [0.15, 0.2) is 11.5 Å². The van der Waals surface area contributed by atoms with Gasteiger partial charge in [-0.1, -0.05) is 26.8 Å². The molecule has 4 heteroatoms. The fraction of sp³-hybridized carbons (Fsp3) is 0.708. The molecule has 0 spiro atoms. The minimum absolute atomic E-state index is 0.185. The lowest BCUT2D eigenvalue weighted by molar-refractivity contribution is -0.138. The highest BCUT2D eigenvalue weighted by atomic mass is 16.5. The average molecular weight is 386 g/mol. The number of carbonyl (C=O) groups is 1. The van der Waals surface area contributed by atoms with Gasteiger partial charge in [0.1, 0.15) is 0 Å². The van der Waals surface area contributed by atoms with E-state index in [2.05, 4.69) is 37.8 Å². The van der Waals surface area contributed by atoms with E-state index in [9.17, 15) is 4.79 Å². The van der Waals surface area contributed by atoms with Gasteiger partial charge in [0.25, 0.3) is 0 Å². The summed E-state index contributed by atoms with van der Waals surface area (Å²) in [4.78, 5) is 15.5. The van der Waals surface area contributed by atoms with E-state index < -0.39 is 0 Å². The van der Waals surface area contributed by atoms with Crippen LogP contribution in [0.4, 0.5) is 0 Å². The van der Waals surface area contributed by atoms with Crippen LogP contribution >= 0.6 is 0 Å². The van der Waals surface area contributed by atoms with E-state index in [0.29, 0.717) is 24.5 Å². The number of nitrogens with zero attached hydrogens (tertiary/aromatic N) is 1. The number of rotatable bonds is 2. The predicted octanol–water partition coefficient (Wildman–Crippen LogP) is 5.36. The molecule has 1 unspecified atom stereocenters. The number of hydrogen-bond donors (Lipinski definition) is 0. The van der Waals surface area contributed by atoms with Crippen LogP contribution < -0.4 is 9.47 Å². The number of likely N-dealkylation sites (tertiary alicyclic amines) is 1. The molecule has 3 aliphatic rings. The summed E-state index contributed by atoms with van der Waals surface area (Å²) in [6.45, 7) is 9.29. The Labute approximate surface area is 169 Å². The number of fused-ring (bicyclic) bond motifs is 1. The Bertz CT molecular complexity index is 700. The first-order valence-electron chi connectivity index (χ1n) is 11.1. The van der Waals surface area contributed by atoms with Crippen LogP contribution in [-0.2, 0) is 4.79 Å². The Kier molecular flexibility index (Phi) is 5.57. The van der Waals surface area contributed by atoms with E-state index in [1.165, 1.54) is 18.4 Å². The predicted molar refractivity (Wildman–Crippen MR) is 111 cm³/mol. The SMILES string of the molecule is CC(C)(C)C1CCC(C(=O)N2CCCC2c2ccc3c(c2)OCCCO3)CC1. The molecule has 1 aromatic carbocycles. The zero-order valence-electron chi connectivity index (χ0n) is 17.7. The van der Waals surface area contributed by atoms with Crippen LogP contribution in [0.2, 0.25) is 0 Å². The summed E-state index contributed by atoms with van der Waals surface area (Å²) >= 11 is 0. The summed E-state index contributed by atoms with van der Waals surface area (Å²) in [6, 6.07) is 6.43. The summed E-state index contributed by atoms with van der Waals surface area (Å²) < 4.78 is 11.6. The topological polar surface area (TPSA) is 38.8 Å². The molecule has 154 valence electrons. The third-order valence-corrected chi connectivity index (χ3v) is 6.99. The Hall–Kier alpha value is -1.71. The molecule has 1 amide bonds. The van der Waals surface area contributed by atoms with E-state index >= 15 is 0 Å². The van der Waals surface area contributed by atoms with Crippen LogP contribution in [0, 0.1) is 17.3 Å². The van der Waals surface area contributed by atoms with Crippen molar-refractivity contribution in [1.82, 2.24) is 4.90 Å². The highest BCUT2D eigenvalue weighted by Crippen LogP contribution is 2.43. The molecule has 28 heavy (non-hydrogen) atoms. The second kappa shape index (κ2) is 7.96. The summed E-state index contributed by atoms with van der Waals surface area (Å²) in [7, 11) is 0. The largest absolute Gasteiger partial charge is 0.490 e. The van der Waals surface area contributed by atoms with Crippen molar-refractivity contribution in [2.75, 3.05) is 19.8 Å². The average Bonchev–Trinajstić information content (AvgIpc) is 3.05. The molecule has 2 heterocycles. The van der Waals surface area contributed by atoms with Crippen LogP contribution in [0.15, 0.2) is 18.2 Å². The fourth-order valence-corrected chi connectivity index (χ4v) is 5.21. The molecule has 0 aromatic heterocycles. The second-order valence-corrected chi connectivity index (χ2v) is 9.86. The van der Waals surface area contributed by atoms with Gasteiger partial charge in [0.05, 0.1) is 19.3 Å². The fourth-order valence-electron chi connectivity index (χ4n) is 5.21. The maximum atomic E-state index is 13.4. The van der Waals surface area contributed by atoms with Gasteiger partial charge in [-0.3, -0.25) is 4.79 Å². The highest BCUT2D eigenvalue weighted by Gasteiger charge is 2.38. The Morgan fingerprint density at radius 3 is 2.39 bits per heavy atom. The summed E-state index contributed by atoms with van der Waals surface area (Å²) in [5.41, 5.74) is 1.55. The van der Waals surface area contributed by atoms with Gasteiger partial charge in [-0.15, -0.1) is 0 Å². The lowest BCUT2D eigenvalue weighted by Crippen LogP contribution is -2.38. The minimum atomic E-state index is 0.185. The first-order chi connectivity index (χ1) is 13.4. The Morgan fingerprint density at radius 2 is 1.68 bits per heavy atom. The van der Waals surface area contributed by atoms with E-state index in [1.807, 2.05) is 6.07 Å². The van der Waals surface area contributed by atoms with Gasteiger partial charge in [-0.25, -0.2) is 0 Å². The molecule has 1 aliphatic carbocycles. The lowest BCUT2D eigenvalue weighted by Gasteiger charge is -2.38. The van der Waals surface area contributed by atoms with E-state index in [0.717, 1.165) is 56.1 Å². The molecule has 1 saturated carbocycles. The first kappa shape index (κ1) is 19.6. The molecule has 1 saturated heterocycles. The molecular weight excluding hydrogens is 350 g/mol. The molecular formula is C24H35NO3. The van der Waals surface area contributed by atoms with Crippen molar-refractivity contribution in [2.24, 2.45) is 17.3 Å². The van der Waals surface area contributed by atoms with Gasteiger partial charge >= 0.3 is 0 Å². The Balaban J connectivity index is 1.45. The third-order valence-electron chi connectivity index (χ3n) is 6.99. The van der Waals surface area contributed by atoms with E-state index in [1.54, 1.807) is 0 Å². The summed E-state index contributed by atoms with van der Waals surface area (Å²) in [5, 5.41) is 0. The molecule has 4 nitrogen and oxygen atoms in total. The first-order valence-corrected chi connectivity index (χ1v) is 11.1. The van der Waals surface area contributed by atoms with Crippen LogP contribution in [-0.4, -0.2) is 30.6 Å². The van der Waals surface area contributed by atoms with Gasteiger partial charge in [-0.05, 0) is 67.6 Å². The van der Waals surface area contributed by atoms with Crippen LogP contribution in [0.1, 0.15) is 77.3 Å². The normalized spacial score (nSPS) is 28.1. The lowest BCUT2D eigenvalue weighted by atomic mass is 9.69. The van der Waals surface area contributed by atoms with Gasteiger partial charge in [-0.2, -0.15) is 0 Å². The molecule has 1 atom stereocenters. The Morgan fingerprint density at radius 1 is 0.964 bits per heavy atom. The van der Waals surface area contributed by atoms with Crippen molar-refractivity contribution in [3.05, 3.63) is 23.8 Å². The minimum Gasteiger partial charge on any atom is -0.490 e. The van der Waals surface area contributed by atoms with Gasteiger partial charge in [0.2, 0.25) is 5.91 Å². The number of amides is 1.